The van der Waals surface area contributed by atoms with Crippen molar-refractivity contribution in [1.82, 2.24) is 0 Å². The predicted molar refractivity (Wildman–Crippen MR) is 55.5 cm³/mol. The van der Waals surface area contributed by atoms with E-state index in [1.807, 2.05) is 18.2 Å². The van der Waals surface area contributed by atoms with Crippen LogP contribution in [0.5, 0.6) is 5.75 Å². The van der Waals surface area contributed by atoms with Gasteiger partial charge in [-0.25, -0.2) is 0 Å². The third-order valence-corrected chi connectivity index (χ3v) is 4.61. The van der Waals surface area contributed by atoms with Crippen LogP contribution in [0.15, 0.2) is 18.2 Å². The SMILES string of the molecule is COc1cc([As](C)C)ccc1C=O. The minimum atomic E-state index is -0.861. The Labute approximate surface area is 83.2 Å². The topological polar surface area (TPSA) is 26.3 Å². The van der Waals surface area contributed by atoms with Crippen molar-refractivity contribution < 1.29 is 9.53 Å². The van der Waals surface area contributed by atoms with E-state index in [0.29, 0.717) is 11.3 Å². The molecule has 0 aliphatic rings. The minimum absolute atomic E-state index is 0.627. The summed E-state index contributed by atoms with van der Waals surface area (Å²) in [5, 5.41) is 0. The molecule has 1 aromatic carbocycles. The molecule has 0 fully saturated rings. The number of aldehydes is 1. The number of carbonyl (C=O) groups excluding carboxylic acids is 1. The van der Waals surface area contributed by atoms with Crippen molar-refractivity contribution in [3.8, 4) is 5.75 Å². The van der Waals surface area contributed by atoms with Gasteiger partial charge in [-0.2, -0.15) is 0 Å². The van der Waals surface area contributed by atoms with Crippen molar-refractivity contribution in [1.29, 1.82) is 0 Å². The molecule has 0 unspecified atom stereocenters. The Morgan fingerprint density at radius 1 is 1.38 bits per heavy atom. The summed E-state index contributed by atoms with van der Waals surface area (Å²) in [6.07, 6.45) is 0.825. The summed E-state index contributed by atoms with van der Waals surface area (Å²) in [7, 11) is 1.59. The molecular formula is C10H13AsO2. The summed E-state index contributed by atoms with van der Waals surface area (Å²) in [5.74, 6) is 0.690. The van der Waals surface area contributed by atoms with Crippen molar-refractivity contribution >= 4 is 25.3 Å². The van der Waals surface area contributed by atoms with Gasteiger partial charge in [0.15, 0.2) is 0 Å². The van der Waals surface area contributed by atoms with E-state index in [1.54, 1.807) is 7.11 Å². The van der Waals surface area contributed by atoms with E-state index in [-0.39, 0.29) is 0 Å². The molecule has 0 saturated heterocycles. The molecule has 0 saturated carbocycles. The van der Waals surface area contributed by atoms with Gasteiger partial charge in [0, 0.05) is 0 Å². The van der Waals surface area contributed by atoms with Gasteiger partial charge in [-0.3, -0.25) is 0 Å². The van der Waals surface area contributed by atoms with Gasteiger partial charge in [0.05, 0.1) is 0 Å². The number of hydrogen-bond acceptors (Lipinski definition) is 2. The molecule has 0 radical (unpaired) electrons. The van der Waals surface area contributed by atoms with Gasteiger partial charge in [-0.05, 0) is 0 Å². The first-order chi connectivity index (χ1) is 6.19. The van der Waals surface area contributed by atoms with Crippen LogP contribution in [0.2, 0.25) is 11.4 Å². The summed E-state index contributed by atoms with van der Waals surface area (Å²) in [4.78, 5) is 10.6. The zero-order valence-electron chi connectivity index (χ0n) is 8.07. The summed E-state index contributed by atoms with van der Waals surface area (Å²) in [6, 6.07) is 5.83. The molecule has 1 aromatic rings. The zero-order valence-corrected chi connectivity index (χ0v) is 9.95. The molecule has 0 aromatic heterocycles. The molecule has 0 aliphatic heterocycles. The number of hydrogen-bond donors (Lipinski definition) is 0. The monoisotopic (exact) mass is 240 g/mol. The van der Waals surface area contributed by atoms with Crippen LogP contribution in [0.1, 0.15) is 10.4 Å². The van der Waals surface area contributed by atoms with Crippen molar-refractivity contribution in [2.45, 2.75) is 11.4 Å². The Balaban J connectivity index is 3.12. The van der Waals surface area contributed by atoms with Crippen LogP contribution in [0.4, 0.5) is 0 Å². The first-order valence-corrected chi connectivity index (χ1v) is 8.68. The standard InChI is InChI=1S/C10H13AsO2/c1-11(2)9-5-4-8(7-12)10(6-9)13-3/h4-7H,1-3H3. The summed E-state index contributed by atoms with van der Waals surface area (Å²) >= 11 is -0.861. The van der Waals surface area contributed by atoms with Crippen molar-refractivity contribution in [3.05, 3.63) is 23.8 Å². The molecule has 13 heavy (non-hydrogen) atoms. The van der Waals surface area contributed by atoms with Crippen LogP contribution in [0, 0.1) is 0 Å². The molecule has 2 nitrogen and oxygen atoms in total. The fraction of sp³-hybridized carbons (Fsp3) is 0.300. The zero-order chi connectivity index (χ0) is 9.84. The Morgan fingerprint density at radius 2 is 2.08 bits per heavy atom. The number of ether oxygens (including phenoxy) is 1. The molecule has 0 aliphatic carbocycles. The third kappa shape index (κ3) is 2.35. The predicted octanol–water partition coefficient (Wildman–Crippen LogP) is 1.47. The van der Waals surface area contributed by atoms with E-state index < -0.39 is 14.7 Å². The van der Waals surface area contributed by atoms with E-state index in [9.17, 15) is 4.79 Å². The Kier molecular flexibility index (Phi) is 3.56. The van der Waals surface area contributed by atoms with Crippen LogP contribution in [-0.4, -0.2) is 28.0 Å². The van der Waals surface area contributed by atoms with E-state index >= 15 is 0 Å². The molecule has 70 valence electrons. The van der Waals surface area contributed by atoms with E-state index in [0.717, 1.165) is 6.29 Å². The van der Waals surface area contributed by atoms with Crippen molar-refractivity contribution in [2.75, 3.05) is 7.11 Å². The van der Waals surface area contributed by atoms with E-state index in [2.05, 4.69) is 11.4 Å². The number of benzene rings is 1. The number of rotatable bonds is 3. The summed E-state index contributed by atoms with van der Waals surface area (Å²) in [5.41, 5.74) is 5.13. The third-order valence-electron chi connectivity index (χ3n) is 1.86. The van der Waals surface area contributed by atoms with Gasteiger partial charge in [0.1, 0.15) is 0 Å². The summed E-state index contributed by atoms with van der Waals surface area (Å²) < 4.78 is 6.45. The van der Waals surface area contributed by atoms with E-state index in [1.165, 1.54) is 4.35 Å². The van der Waals surface area contributed by atoms with Crippen molar-refractivity contribution in [2.24, 2.45) is 0 Å². The normalized spacial score (nSPS) is 10.2. The maximum absolute atomic E-state index is 10.6. The molecule has 0 bridgehead atoms. The quantitative estimate of drug-likeness (QED) is 0.590. The Morgan fingerprint density at radius 3 is 2.54 bits per heavy atom. The molecule has 1 rings (SSSR count). The fourth-order valence-electron chi connectivity index (χ4n) is 1.08. The summed E-state index contributed by atoms with van der Waals surface area (Å²) in [6.45, 7) is 0. The van der Waals surface area contributed by atoms with Crippen LogP contribution in [0.25, 0.3) is 0 Å². The molecule has 0 atom stereocenters. The molecule has 0 heterocycles. The first kappa shape index (κ1) is 10.3. The van der Waals surface area contributed by atoms with Crippen LogP contribution in [0.3, 0.4) is 0 Å². The molecular weight excluding hydrogens is 227 g/mol. The second-order valence-electron chi connectivity index (χ2n) is 2.94. The second-order valence-corrected chi connectivity index (χ2v) is 7.78. The van der Waals surface area contributed by atoms with Crippen LogP contribution in [-0.2, 0) is 0 Å². The Bertz CT molecular complexity index is 308. The van der Waals surface area contributed by atoms with Gasteiger partial charge in [0.25, 0.3) is 0 Å². The second kappa shape index (κ2) is 4.47. The first-order valence-electron chi connectivity index (χ1n) is 3.99. The van der Waals surface area contributed by atoms with Gasteiger partial charge >= 0.3 is 82.9 Å². The average Bonchev–Trinajstić information content (AvgIpc) is 2.16. The van der Waals surface area contributed by atoms with Crippen LogP contribution < -0.4 is 9.09 Å². The van der Waals surface area contributed by atoms with Gasteiger partial charge in [-0.15, -0.1) is 0 Å². The Hall–Kier alpha value is -0.752. The van der Waals surface area contributed by atoms with Gasteiger partial charge in [-0.1, -0.05) is 0 Å². The molecule has 3 heteroatoms. The molecule has 0 N–H and O–H groups in total. The van der Waals surface area contributed by atoms with Crippen molar-refractivity contribution in [3.63, 3.8) is 0 Å². The van der Waals surface area contributed by atoms with Gasteiger partial charge in [0.2, 0.25) is 0 Å². The molecule has 0 spiro atoms. The maximum atomic E-state index is 10.6. The van der Waals surface area contributed by atoms with Gasteiger partial charge < -0.3 is 0 Å². The van der Waals surface area contributed by atoms with E-state index in [4.69, 9.17) is 4.74 Å². The number of methoxy groups -OCH3 is 1. The van der Waals surface area contributed by atoms with Crippen LogP contribution >= 0.6 is 0 Å². The average molecular weight is 240 g/mol. The fourth-order valence-corrected chi connectivity index (χ4v) is 2.64. The number of carbonyl (C=O) groups is 1. The molecule has 0 amide bonds.